The summed E-state index contributed by atoms with van der Waals surface area (Å²) in [6.45, 7) is -0.420. The predicted octanol–water partition coefficient (Wildman–Crippen LogP) is 4.09. The SMILES string of the molecule is C[C@@](NC(=O)Cn1nc(-c2ccc(Cl)cc2)n(CCC(F)(F)F)c1=O)(c1cccc(C(F)(F)F)c1)c1noc(=O)[nH]1. The fourth-order valence-corrected chi connectivity index (χ4v) is 4.10. The van der Waals surface area contributed by atoms with E-state index >= 15 is 0 Å². The number of carbonyl (C=O) groups is 1. The average molecular weight is 605 g/mol. The standard InChI is InChI=1S/C24H19ClF6N6O4/c1-22(19-32-20(39)41-35-19,14-3-2-4-15(11-14)24(29,30)31)33-17(38)12-37-21(40)36(10-9-23(26,27)28)18(34-37)13-5-7-16(25)8-6-13/h2-8,11H,9-10,12H2,1H3,(H,33,38)(H,32,35,39)/t22-/m1/s1. The molecule has 0 saturated carbocycles. The zero-order chi connectivity index (χ0) is 30.2. The Hall–Kier alpha value is -4.34. The van der Waals surface area contributed by atoms with Crippen molar-refractivity contribution in [1.29, 1.82) is 0 Å². The van der Waals surface area contributed by atoms with Crippen molar-refractivity contribution in [2.75, 3.05) is 0 Å². The van der Waals surface area contributed by atoms with Gasteiger partial charge >= 0.3 is 23.8 Å². The van der Waals surface area contributed by atoms with Gasteiger partial charge in [-0.3, -0.25) is 18.9 Å². The van der Waals surface area contributed by atoms with Crippen LogP contribution in [0.2, 0.25) is 5.02 Å². The van der Waals surface area contributed by atoms with Gasteiger partial charge in [-0.25, -0.2) is 14.3 Å². The number of rotatable bonds is 8. The zero-order valence-corrected chi connectivity index (χ0v) is 21.6. The van der Waals surface area contributed by atoms with Crippen molar-refractivity contribution in [2.45, 2.75) is 44.3 Å². The Bertz CT molecular complexity index is 1670. The van der Waals surface area contributed by atoms with E-state index in [4.69, 9.17) is 11.6 Å². The van der Waals surface area contributed by atoms with Gasteiger partial charge in [-0.05, 0) is 48.9 Å². The van der Waals surface area contributed by atoms with Crippen LogP contribution in [0, 0.1) is 0 Å². The smallest absolute Gasteiger partial charge is 0.338 e. The van der Waals surface area contributed by atoms with E-state index in [0.717, 1.165) is 22.8 Å². The van der Waals surface area contributed by atoms with E-state index in [0.29, 0.717) is 9.70 Å². The Morgan fingerprint density at radius 2 is 1.71 bits per heavy atom. The predicted molar refractivity (Wildman–Crippen MR) is 131 cm³/mol. The summed E-state index contributed by atoms with van der Waals surface area (Å²) in [7, 11) is 0. The molecule has 0 unspecified atom stereocenters. The molecule has 10 nitrogen and oxygen atoms in total. The lowest BCUT2D eigenvalue weighted by molar-refractivity contribution is -0.138. The van der Waals surface area contributed by atoms with Gasteiger partial charge in [-0.15, -0.1) is 5.10 Å². The van der Waals surface area contributed by atoms with Crippen LogP contribution in [-0.4, -0.2) is 36.6 Å². The molecule has 0 aliphatic heterocycles. The Kier molecular flexibility index (Phi) is 7.89. The van der Waals surface area contributed by atoms with E-state index < -0.39 is 60.3 Å². The molecular formula is C24H19ClF6N6O4. The van der Waals surface area contributed by atoms with Gasteiger partial charge in [-0.2, -0.15) is 26.3 Å². The van der Waals surface area contributed by atoms with Crippen LogP contribution >= 0.6 is 11.6 Å². The average Bonchev–Trinajstić information content (AvgIpc) is 3.46. The molecule has 0 bridgehead atoms. The quantitative estimate of drug-likeness (QED) is 0.292. The minimum absolute atomic E-state index is 0.157. The topological polar surface area (TPSA) is 128 Å². The number of hydrogen-bond acceptors (Lipinski definition) is 6. The van der Waals surface area contributed by atoms with Gasteiger partial charge in [0.05, 0.1) is 12.0 Å². The van der Waals surface area contributed by atoms with Crippen molar-refractivity contribution < 1.29 is 35.7 Å². The lowest BCUT2D eigenvalue weighted by atomic mass is 9.89. The fraction of sp³-hybridized carbons (Fsp3) is 0.292. The van der Waals surface area contributed by atoms with Gasteiger partial charge < -0.3 is 5.32 Å². The maximum Gasteiger partial charge on any atom is 0.438 e. The zero-order valence-electron chi connectivity index (χ0n) is 20.8. The molecule has 2 heterocycles. The van der Waals surface area contributed by atoms with Gasteiger partial charge in [-0.1, -0.05) is 28.9 Å². The van der Waals surface area contributed by atoms with Crippen molar-refractivity contribution in [2.24, 2.45) is 0 Å². The number of halogens is 7. The van der Waals surface area contributed by atoms with Gasteiger partial charge in [0.1, 0.15) is 12.1 Å². The van der Waals surface area contributed by atoms with Gasteiger partial charge in [0.2, 0.25) is 5.91 Å². The largest absolute Gasteiger partial charge is 0.438 e. The molecule has 41 heavy (non-hydrogen) atoms. The highest BCUT2D eigenvalue weighted by atomic mass is 35.5. The molecule has 2 N–H and O–H groups in total. The number of amides is 1. The van der Waals surface area contributed by atoms with Crippen molar-refractivity contribution in [3.8, 4) is 11.4 Å². The van der Waals surface area contributed by atoms with Gasteiger partial charge in [0.15, 0.2) is 11.6 Å². The molecule has 4 rings (SSSR count). The number of benzene rings is 2. The summed E-state index contributed by atoms with van der Waals surface area (Å²) in [5.74, 6) is -2.59. The monoisotopic (exact) mass is 604 g/mol. The normalized spacial score (nSPS) is 13.7. The Balaban J connectivity index is 1.71. The first-order valence-corrected chi connectivity index (χ1v) is 12.0. The van der Waals surface area contributed by atoms with E-state index in [-0.39, 0.29) is 22.8 Å². The summed E-state index contributed by atoms with van der Waals surface area (Å²) in [5, 5.41) is 10.3. The van der Waals surface area contributed by atoms with Crippen LogP contribution in [0.4, 0.5) is 26.3 Å². The molecular weight excluding hydrogens is 586 g/mol. The molecule has 17 heteroatoms. The van der Waals surface area contributed by atoms with Gasteiger partial charge in [0.25, 0.3) is 0 Å². The second-order valence-corrected chi connectivity index (χ2v) is 9.42. The number of nitrogens with one attached hydrogen (secondary N) is 2. The summed E-state index contributed by atoms with van der Waals surface area (Å²) in [4.78, 5) is 40.0. The highest BCUT2D eigenvalue weighted by molar-refractivity contribution is 6.30. The molecule has 4 aromatic rings. The number of aromatic nitrogens is 5. The molecule has 0 radical (unpaired) electrons. The van der Waals surface area contributed by atoms with Crippen LogP contribution in [0.5, 0.6) is 0 Å². The molecule has 2 aromatic carbocycles. The third-order valence-corrected chi connectivity index (χ3v) is 6.26. The highest BCUT2D eigenvalue weighted by Crippen LogP contribution is 2.34. The van der Waals surface area contributed by atoms with E-state index in [2.05, 4.69) is 25.1 Å². The van der Waals surface area contributed by atoms with Crippen LogP contribution in [0.15, 0.2) is 62.6 Å². The third-order valence-electron chi connectivity index (χ3n) is 6.01. The van der Waals surface area contributed by atoms with Crippen molar-refractivity contribution in [3.05, 3.63) is 91.5 Å². The Labute approximate surface area is 230 Å². The summed E-state index contributed by atoms with van der Waals surface area (Å²) in [6.07, 6.45) is -10.7. The second-order valence-electron chi connectivity index (χ2n) is 8.98. The van der Waals surface area contributed by atoms with E-state index in [1.54, 1.807) is 0 Å². The molecule has 0 aliphatic rings. The summed E-state index contributed by atoms with van der Waals surface area (Å²) < 4.78 is 84.9. The van der Waals surface area contributed by atoms with Crippen molar-refractivity contribution in [1.82, 2.24) is 29.8 Å². The Morgan fingerprint density at radius 3 is 2.29 bits per heavy atom. The molecule has 1 amide bonds. The molecule has 0 aliphatic carbocycles. The lowest BCUT2D eigenvalue weighted by Crippen LogP contribution is -2.47. The molecule has 2 aromatic heterocycles. The number of H-pyrrole nitrogens is 1. The molecule has 218 valence electrons. The van der Waals surface area contributed by atoms with Crippen LogP contribution in [0.25, 0.3) is 11.4 Å². The number of hydrogen-bond donors (Lipinski definition) is 2. The van der Waals surface area contributed by atoms with E-state index in [1.807, 2.05) is 0 Å². The van der Waals surface area contributed by atoms with E-state index in [9.17, 15) is 40.7 Å². The minimum atomic E-state index is -4.74. The number of carbonyl (C=O) groups excluding carboxylic acids is 1. The van der Waals surface area contributed by atoms with Crippen LogP contribution in [-0.2, 0) is 29.6 Å². The first kappa shape index (κ1) is 29.6. The highest BCUT2D eigenvalue weighted by Gasteiger charge is 2.38. The first-order valence-electron chi connectivity index (χ1n) is 11.6. The van der Waals surface area contributed by atoms with Crippen molar-refractivity contribution >= 4 is 17.5 Å². The number of nitrogens with zero attached hydrogens (tertiary/aromatic N) is 4. The van der Waals surface area contributed by atoms with E-state index in [1.165, 1.54) is 37.3 Å². The summed E-state index contributed by atoms with van der Waals surface area (Å²) in [5.41, 5.74) is -3.94. The third kappa shape index (κ3) is 6.70. The van der Waals surface area contributed by atoms with Crippen LogP contribution < -0.4 is 16.8 Å². The second kappa shape index (κ2) is 10.9. The van der Waals surface area contributed by atoms with Gasteiger partial charge in [0, 0.05) is 17.1 Å². The van der Waals surface area contributed by atoms with Crippen molar-refractivity contribution in [3.63, 3.8) is 0 Å². The number of aromatic amines is 1. The molecule has 1 atom stereocenters. The lowest BCUT2D eigenvalue weighted by Gasteiger charge is -2.29. The number of alkyl halides is 6. The maximum atomic E-state index is 13.4. The van der Waals surface area contributed by atoms with Crippen LogP contribution in [0.1, 0.15) is 30.3 Å². The Morgan fingerprint density at radius 1 is 1.05 bits per heavy atom. The van der Waals surface area contributed by atoms with Crippen LogP contribution in [0.3, 0.4) is 0 Å². The summed E-state index contributed by atoms with van der Waals surface area (Å²) in [6, 6.07) is 9.53. The first-order chi connectivity index (χ1) is 19.1. The minimum Gasteiger partial charge on any atom is -0.338 e. The molecule has 0 spiro atoms. The maximum absolute atomic E-state index is 13.4. The molecule has 0 fully saturated rings. The summed E-state index contributed by atoms with van der Waals surface area (Å²) >= 11 is 5.87. The fourth-order valence-electron chi connectivity index (χ4n) is 3.97. The molecule has 0 saturated heterocycles.